The number of pyridine rings is 1. The second-order valence-electron chi connectivity index (χ2n) is 12.1. The third-order valence-electron chi connectivity index (χ3n) is 8.88. The second-order valence-corrected chi connectivity index (χ2v) is 12.1. The van der Waals surface area contributed by atoms with Crippen LogP contribution in [0.25, 0.3) is 11.3 Å². The molecule has 42 heavy (non-hydrogen) atoms. The molecule has 3 fully saturated rings. The van der Waals surface area contributed by atoms with E-state index < -0.39 is 23.8 Å². The largest absolute Gasteiger partial charge is 0.385 e. The van der Waals surface area contributed by atoms with Crippen LogP contribution in [-0.2, 0) is 9.59 Å². The third kappa shape index (κ3) is 4.62. The fourth-order valence-electron chi connectivity index (χ4n) is 6.22. The monoisotopic (exact) mass is 567 g/mol. The number of nitrogens with zero attached hydrogens (tertiary/aromatic N) is 5. The van der Waals surface area contributed by atoms with Gasteiger partial charge in [-0.3, -0.25) is 39.1 Å². The molecule has 1 atom stereocenters. The highest BCUT2D eigenvalue weighted by molar-refractivity contribution is 6.23. The molecule has 7 rings (SSSR count). The van der Waals surface area contributed by atoms with E-state index in [0.29, 0.717) is 17.9 Å². The summed E-state index contributed by atoms with van der Waals surface area (Å²) in [5, 5.41) is 10.7. The van der Waals surface area contributed by atoms with Crippen molar-refractivity contribution in [3.8, 4) is 11.3 Å². The van der Waals surface area contributed by atoms with Crippen LogP contribution in [-0.4, -0.2) is 70.0 Å². The molecule has 0 bridgehead atoms. The summed E-state index contributed by atoms with van der Waals surface area (Å²) in [6.07, 6.45) is 8.61. The van der Waals surface area contributed by atoms with Crippen molar-refractivity contribution in [2.75, 3.05) is 30.9 Å². The molecule has 1 saturated heterocycles. The summed E-state index contributed by atoms with van der Waals surface area (Å²) in [5.41, 5.74) is 5.69. The SMILES string of the molecule is CN(C)c1ccnc(-c2cn(C3CC(CNc4ccc5c(c4)C(=O)N(C4CCC(=O)NC4=O)C5=O)C3)nc2C2CC2)c1. The average Bonchev–Trinajstić information content (AvgIpc) is 3.66. The summed E-state index contributed by atoms with van der Waals surface area (Å²) in [6.45, 7) is 0.740. The number of rotatable bonds is 8. The number of carbonyl (C=O) groups is 4. The van der Waals surface area contributed by atoms with Crippen molar-refractivity contribution in [3.05, 3.63) is 59.5 Å². The Morgan fingerprint density at radius 3 is 2.50 bits per heavy atom. The highest BCUT2D eigenvalue weighted by Gasteiger charge is 2.44. The predicted molar refractivity (Wildman–Crippen MR) is 155 cm³/mol. The Balaban J connectivity index is 0.991. The predicted octanol–water partition coefficient (Wildman–Crippen LogP) is 3.35. The van der Waals surface area contributed by atoms with Crippen LogP contribution in [0, 0.1) is 5.92 Å². The van der Waals surface area contributed by atoms with Gasteiger partial charge in [-0.1, -0.05) is 0 Å². The van der Waals surface area contributed by atoms with Crippen LogP contribution in [0.3, 0.4) is 0 Å². The lowest BCUT2D eigenvalue weighted by molar-refractivity contribution is -0.136. The number of piperidine rings is 1. The van der Waals surface area contributed by atoms with Crippen molar-refractivity contribution in [2.24, 2.45) is 5.92 Å². The van der Waals surface area contributed by atoms with Crippen molar-refractivity contribution in [2.45, 2.75) is 56.5 Å². The van der Waals surface area contributed by atoms with Crippen LogP contribution in [0.4, 0.5) is 11.4 Å². The molecule has 1 unspecified atom stereocenters. The molecule has 2 aromatic heterocycles. The molecule has 0 radical (unpaired) electrons. The average molecular weight is 568 g/mol. The lowest BCUT2D eigenvalue weighted by Gasteiger charge is -2.35. The van der Waals surface area contributed by atoms with Gasteiger partial charge in [-0.15, -0.1) is 0 Å². The summed E-state index contributed by atoms with van der Waals surface area (Å²) in [7, 11) is 4.06. The van der Waals surface area contributed by atoms with Gasteiger partial charge in [0, 0.05) is 62.3 Å². The number of benzene rings is 1. The molecular formula is C31H33N7O4. The van der Waals surface area contributed by atoms with E-state index in [0.717, 1.165) is 52.6 Å². The van der Waals surface area contributed by atoms with Crippen LogP contribution >= 0.6 is 0 Å². The van der Waals surface area contributed by atoms with Crippen LogP contribution < -0.4 is 15.5 Å². The van der Waals surface area contributed by atoms with E-state index in [1.165, 1.54) is 12.8 Å². The fourth-order valence-corrected chi connectivity index (χ4v) is 6.22. The molecule has 216 valence electrons. The maximum atomic E-state index is 13.1. The zero-order valence-corrected chi connectivity index (χ0v) is 23.7. The molecule has 1 aromatic carbocycles. The molecule has 4 aliphatic rings. The topological polar surface area (TPSA) is 130 Å². The first-order chi connectivity index (χ1) is 20.3. The summed E-state index contributed by atoms with van der Waals surface area (Å²) in [4.78, 5) is 57.6. The van der Waals surface area contributed by atoms with Crippen molar-refractivity contribution >= 4 is 35.0 Å². The van der Waals surface area contributed by atoms with Gasteiger partial charge < -0.3 is 10.2 Å². The first-order valence-electron chi connectivity index (χ1n) is 14.6. The molecule has 4 heterocycles. The maximum Gasteiger partial charge on any atom is 0.262 e. The van der Waals surface area contributed by atoms with Gasteiger partial charge in [0.1, 0.15) is 6.04 Å². The number of imide groups is 2. The number of hydrogen-bond donors (Lipinski definition) is 2. The van der Waals surface area contributed by atoms with Crippen molar-refractivity contribution in [1.29, 1.82) is 0 Å². The van der Waals surface area contributed by atoms with E-state index in [1.807, 2.05) is 26.4 Å². The van der Waals surface area contributed by atoms with Gasteiger partial charge in [-0.05, 0) is 68.4 Å². The number of nitrogens with one attached hydrogen (secondary N) is 2. The minimum absolute atomic E-state index is 0.0985. The lowest BCUT2D eigenvalue weighted by atomic mass is 9.80. The Hall–Kier alpha value is -4.54. The van der Waals surface area contributed by atoms with E-state index in [2.05, 4.69) is 37.5 Å². The first-order valence-corrected chi connectivity index (χ1v) is 14.6. The van der Waals surface area contributed by atoms with Gasteiger partial charge in [0.05, 0.1) is 28.6 Å². The number of amides is 4. The van der Waals surface area contributed by atoms with E-state index in [1.54, 1.807) is 18.2 Å². The molecule has 3 aromatic rings. The fraction of sp³-hybridized carbons (Fsp3) is 0.419. The van der Waals surface area contributed by atoms with Crippen molar-refractivity contribution in [1.82, 2.24) is 25.0 Å². The lowest BCUT2D eigenvalue weighted by Crippen LogP contribution is -2.54. The number of anilines is 2. The Labute approximate surface area is 243 Å². The molecule has 2 N–H and O–H groups in total. The first kappa shape index (κ1) is 26.4. The summed E-state index contributed by atoms with van der Waals surface area (Å²) >= 11 is 0. The van der Waals surface area contributed by atoms with Gasteiger partial charge in [0.25, 0.3) is 11.8 Å². The smallest absolute Gasteiger partial charge is 0.262 e. The normalized spacial score (nSPS) is 23.5. The highest BCUT2D eigenvalue weighted by Crippen LogP contribution is 2.46. The number of hydrogen-bond acceptors (Lipinski definition) is 8. The molecule has 0 spiro atoms. The summed E-state index contributed by atoms with van der Waals surface area (Å²) in [5.74, 6) is -1.02. The minimum Gasteiger partial charge on any atom is -0.385 e. The third-order valence-corrected chi connectivity index (χ3v) is 8.88. The highest BCUT2D eigenvalue weighted by atomic mass is 16.2. The number of carbonyl (C=O) groups excluding carboxylic acids is 4. The molecule has 11 heteroatoms. The van der Waals surface area contributed by atoms with E-state index >= 15 is 0 Å². The standard InChI is InChI=1S/C31H33N7O4/c1-36(2)20-9-10-32-25(14-20)24-16-37(35-28(24)18-3-4-18)21-11-17(12-21)15-33-19-5-6-22-23(13-19)31(42)38(30(22)41)26-7-8-27(39)34-29(26)40/h5-6,9-10,13-14,16-18,21,26,33H,3-4,7-8,11-12,15H2,1-2H3,(H,34,39,40). The van der Waals surface area contributed by atoms with Gasteiger partial charge in [0.2, 0.25) is 11.8 Å². The Kier molecular flexibility index (Phi) is 6.32. The number of aromatic nitrogens is 3. The van der Waals surface area contributed by atoms with Crippen LogP contribution in [0.15, 0.2) is 42.7 Å². The zero-order valence-electron chi connectivity index (χ0n) is 23.7. The molecule has 11 nitrogen and oxygen atoms in total. The molecule has 4 amide bonds. The molecule has 2 aliphatic carbocycles. The van der Waals surface area contributed by atoms with Gasteiger partial charge in [0.15, 0.2) is 0 Å². The summed E-state index contributed by atoms with van der Waals surface area (Å²) < 4.78 is 2.13. The van der Waals surface area contributed by atoms with Gasteiger partial charge in [-0.2, -0.15) is 5.10 Å². The maximum absolute atomic E-state index is 13.1. The number of fused-ring (bicyclic) bond motifs is 1. The zero-order chi connectivity index (χ0) is 29.1. The quantitative estimate of drug-likeness (QED) is 0.397. The Morgan fingerprint density at radius 2 is 1.76 bits per heavy atom. The second kappa shape index (κ2) is 10.1. The summed E-state index contributed by atoms with van der Waals surface area (Å²) in [6, 6.07) is 8.63. The molecule has 2 aliphatic heterocycles. The van der Waals surface area contributed by atoms with Crippen LogP contribution in [0.1, 0.15) is 76.9 Å². The van der Waals surface area contributed by atoms with Crippen molar-refractivity contribution < 1.29 is 19.2 Å². The van der Waals surface area contributed by atoms with Gasteiger partial charge >= 0.3 is 0 Å². The Morgan fingerprint density at radius 1 is 0.976 bits per heavy atom. The molecular weight excluding hydrogens is 534 g/mol. The van der Waals surface area contributed by atoms with Crippen molar-refractivity contribution in [3.63, 3.8) is 0 Å². The molecule has 2 saturated carbocycles. The van der Waals surface area contributed by atoms with Crippen LogP contribution in [0.2, 0.25) is 0 Å². The van der Waals surface area contributed by atoms with E-state index in [4.69, 9.17) is 5.10 Å². The minimum atomic E-state index is -0.964. The van der Waals surface area contributed by atoms with E-state index in [9.17, 15) is 19.2 Å². The van der Waals surface area contributed by atoms with Crippen LogP contribution in [0.5, 0.6) is 0 Å². The van der Waals surface area contributed by atoms with E-state index in [-0.39, 0.29) is 29.9 Å². The Bertz CT molecular complexity index is 1620. The van der Waals surface area contributed by atoms with Gasteiger partial charge in [-0.25, -0.2) is 0 Å².